The van der Waals surface area contributed by atoms with Crippen molar-refractivity contribution in [2.75, 3.05) is 29.4 Å². The summed E-state index contributed by atoms with van der Waals surface area (Å²) in [6.45, 7) is 2.72. The molecule has 0 radical (unpaired) electrons. The Morgan fingerprint density at radius 3 is 2.37 bits per heavy atom. The minimum Gasteiger partial charge on any atom is -0.339 e. The summed E-state index contributed by atoms with van der Waals surface area (Å²) in [4.78, 5) is 26.9. The number of rotatable bonds is 6. The first kappa shape index (κ1) is 22.2. The number of carbonyl (C=O) groups is 2. The van der Waals surface area contributed by atoms with Gasteiger partial charge in [-0.15, -0.1) is 11.8 Å². The maximum absolute atomic E-state index is 13.0. The van der Waals surface area contributed by atoms with Gasteiger partial charge in [0.1, 0.15) is 0 Å². The molecule has 1 aliphatic rings. The Bertz CT molecular complexity index is 1050. The number of para-hydroxylation sites is 1. The quantitative estimate of drug-likeness (QED) is 0.657. The second-order valence-electron chi connectivity index (χ2n) is 7.05. The lowest BCUT2D eigenvalue weighted by Crippen LogP contribution is -2.36. The number of nitrogens with one attached hydrogen (secondary N) is 2. The van der Waals surface area contributed by atoms with E-state index in [4.69, 9.17) is 0 Å². The van der Waals surface area contributed by atoms with Crippen molar-refractivity contribution in [1.82, 2.24) is 4.90 Å². The number of likely N-dealkylation sites (tertiary alicyclic amines) is 1. The highest BCUT2D eigenvalue weighted by molar-refractivity contribution is 7.98. The molecule has 1 heterocycles. The van der Waals surface area contributed by atoms with Crippen LogP contribution in [-0.2, 0) is 14.8 Å². The molecule has 3 rings (SSSR count). The third kappa shape index (κ3) is 5.14. The maximum Gasteiger partial charge on any atom is 0.261 e. The summed E-state index contributed by atoms with van der Waals surface area (Å²) >= 11 is 1.40. The van der Waals surface area contributed by atoms with Gasteiger partial charge in [0, 0.05) is 24.9 Å². The predicted molar refractivity (Wildman–Crippen MR) is 120 cm³/mol. The van der Waals surface area contributed by atoms with E-state index in [-0.39, 0.29) is 22.4 Å². The lowest BCUT2D eigenvalue weighted by Gasteiger charge is -2.27. The van der Waals surface area contributed by atoms with E-state index < -0.39 is 10.0 Å². The summed E-state index contributed by atoms with van der Waals surface area (Å²) in [5.41, 5.74) is 0.990. The molecule has 0 spiro atoms. The van der Waals surface area contributed by atoms with E-state index >= 15 is 0 Å². The Morgan fingerprint density at radius 2 is 1.70 bits per heavy atom. The van der Waals surface area contributed by atoms with Crippen LogP contribution in [0.25, 0.3) is 0 Å². The van der Waals surface area contributed by atoms with E-state index in [1.807, 2.05) is 6.26 Å². The molecule has 2 aromatic rings. The molecule has 30 heavy (non-hydrogen) atoms. The van der Waals surface area contributed by atoms with E-state index in [1.54, 1.807) is 35.2 Å². The molecule has 2 amide bonds. The van der Waals surface area contributed by atoms with Crippen molar-refractivity contribution in [3.05, 3.63) is 48.0 Å². The van der Waals surface area contributed by atoms with E-state index in [2.05, 4.69) is 10.0 Å². The highest BCUT2D eigenvalue weighted by atomic mass is 32.2. The largest absolute Gasteiger partial charge is 0.339 e. The minimum absolute atomic E-state index is 0.00396. The van der Waals surface area contributed by atoms with Crippen LogP contribution in [-0.4, -0.2) is 44.5 Å². The standard InChI is InChI=1S/C21H25N3O4S2/c1-15(25)22-19-14-16(10-11-20(19)29-2)30(27,28)23-18-9-5-4-8-17(18)21(26)24-12-6-3-7-13-24/h4-5,8-11,14,23H,3,6-7,12-13H2,1-2H3,(H,22,25). The molecule has 0 atom stereocenters. The zero-order valence-corrected chi connectivity index (χ0v) is 18.6. The van der Waals surface area contributed by atoms with Gasteiger partial charge in [-0.05, 0) is 55.9 Å². The predicted octanol–water partition coefficient (Wildman–Crippen LogP) is 3.79. The van der Waals surface area contributed by atoms with Gasteiger partial charge in [0.15, 0.2) is 0 Å². The molecule has 0 aromatic heterocycles. The summed E-state index contributed by atoms with van der Waals surface area (Å²) in [5.74, 6) is -0.463. The highest BCUT2D eigenvalue weighted by Gasteiger charge is 2.23. The molecular formula is C21H25N3O4S2. The van der Waals surface area contributed by atoms with Crippen LogP contribution in [0.3, 0.4) is 0 Å². The Hall–Kier alpha value is -2.52. The molecule has 0 unspecified atom stereocenters. The lowest BCUT2D eigenvalue weighted by molar-refractivity contribution is -0.114. The zero-order chi connectivity index (χ0) is 21.7. The smallest absolute Gasteiger partial charge is 0.261 e. The van der Waals surface area contributed by atoms with E-state index in [9.17, 15) is 18.0 Å². The fourth-order valence-electron chi connectivity index (χ4n) is 3.37. The molecule has 9 heteroatoms. The van der Waals surface area contributed by atoms with Crippen molar-refractivity contribution in [2.45, 2.75) is 36.0 Å². The number of hydrogen-bond donors (Lipinski definition) is 2. The average molecular weight is 448 g/mol. The van der Waals surface area contributed by atoms with Crippen molar-refractivity contribution in [1.29, 1.82) is 0 Å². The van der Waals surface area contributed by atoms with Crippen LogP contribution in [0.15, 0.2) is 52.3 Å². The first-order chi connectivity index (χ1) is 14.3. The number of sulfonamides is 1. The molecule has 160 valence electrons. The molecule has 2 aromatic carbocycles. The van der Waals surface area contributed by atoms with Crippen LogP contribution in [0.5, 0.6) is 0 Å². The minimum atomic E-state index is -3.96. The zero-order valence-electron chi connectivity index (χ0n) is 17.0. The van der Waals surface area contributed by atoms with Crippen molar-refractivity contribution < 1.29 is 18.0 Å². The number of carbonyl (C=O) groups excluding carboxylic acids is 2. The third-order valence-electron chi connectivity index (χ3n) is 4.84. The van der Waals surface area contributed by atoms with E-state index in [0.29, 0.717) is 24.3 Å². The van der Waals surface area contributed by atoms with Crippen molar-refractivity contribution in [3.63, 3.8) is 0 Å². The van der Waals surface area contributed by atoms with Crippen molar-refractivity contribution in [2.24, 2.45) is 0 Å². The van der Waals surface area contributed by atoms with E-state index in [0.717, 1.165) is 24.2 Å². The van der Waals surface area contributed by atoms with Gasteiger partial charge in [-0.3, -0.25) is 14.3 Å². The normalized spacial score (nSPS) is 14.3. The molecule has 1 saturated heterocycles. The first-order valence-electron chi connectivity index (χ1n) is 9.68. The molecular weight excluding hydrogens is 422 g/mol. The van der Waals surface area contributed by atoms with Gasteiger partial charge in [-0.25, -0.2) is 8.42 Å². The number of thioether (sulfide) groups is 1. The van der Waals surface area contributed by atoms with Crippen LogP contribution < -0.4 is 10.0 Å². The van der Waals surface area contributed by atoms with Gasteiger partial charge in [0.2, 0.25) is 5.91 Å². The van der Waals surface area contributed by atoms with Gasteiger partial charge in [-0.1, -0.05) is 12.1 Å². The average Bonchev–Trinajstić information content (AvgIpc) is 2.73. The molecule has 2 N–H and O–H groups in total. The third-order valence-corrected chi connectivity index (χ3v) is 7.00. The van der Waals surface area contributed by atoms with Gasteiger partial charge < -0.3 is 10.2 Å². The Morgan fingerprint density at radius 1 is 1.00 bits per heavy atom. The number of hydrogen-bond acceptors (Lipinski definition) is 5. The fraction of sp³-hybridized carbons (Fsp3) is 0.333. The van der Waals surface area contributed by atoms with Gasteiger partial charge >= 0.3 is 0 Å². The maximum atomic E-state index is 13.0. The number of anilines is 2. The highest BCUT2D eigenvalue weighted by Crippen LogP contribution is 2.30. The van der Waals surface area contributed by atoms with Crippen LogP contribution in [0.2, 0.25) is 0 Å². The summed E-state index contributed by atoms with van der Waals surface area (Å²) in [6.07, 6.45) is 4.84. The molecule has 0 bridgehead atoms. The Balaban J connectivity index is 1.91. The summed E-state index contributed by atoms with van der Waals surface area (Å²) in [7, 11) is -3.96. The van der Waals surface area contributed by atoms with Gasteiger partial charge in [0.25, 0.3) is 15.9 Å². The summed E-state index contributed by atoms with van der Waals surface area (Å²) in [6, 6.07) is 11.2. The number of nitrogens with zero attached hydrogens (tertiary/aromatic N) is 1. The second kappa shape index (κ2) is 9.53. The Kier molecular flexibility index (Phi) is 7.04. The topological polar surface area (TPSA) is 95.6 Å². The number of amides is 2. The number of piperidine rings is 1. The first-order valence-corrected chi connectivity index (χ1v) is 12.4. The molecule has 1 aliphatic heterocycles. The molecule has 7 nitrogen and oxygen atoms in total. The van der Waals surface area contributed by atoms with E-state index in [1.165, 1.54) is 30.8 Å². The fourth-order valence-corrected chi connectivity index (χ4v) is 5.01. The lowest BCUT2D eigenvalue weighted by atomic mass is 10.1. The SMILES string of the molecule is CSc1ccc(S(=O)(=O)Nc2ccccc2C(=O)N2CCCCC2)cc1NC(C)=O. The van der Waals surface area contributed by atoms with Crippen LogP contribution in [0, 0.1) is 0 Å². The molecule has 0 saturated carbocycles. The molecule has 1 fully saturated rings. The van der Waals surface area contributed by atoms with Crippen LogP contribution in [0.1, 0.15) is 36.5 Å². The van der Waals surface area contributed by atoms with Crippen molar-refractivity contribution in [3.8, 4) is 0 Å². The van der Waals surface area contributed by atoms with Gasteiger partial charge in [-0.2, -0.15) is 0 Å². The second-order valence-corrected chi connectivity index (χ2v) is 9.58. The summed E-state index contributed by atoms with van der Waals surface area (Å²) < 4.78 is 28.6. The van der Waals surface area contributed by atoms with Crippen LogP contribution >= 0.6 is 11.8 Å². The van der Waals surface area contributed by atoms with Gasteiger partial charge in [0.05, 0.1) is 21.8 Å². The summed E-state index contributed by atoms with van der Waals surface area (Å²) in [5, 5.41) is 2.66. The van der Waals surface area contributed by atoms with Crippen molar-refractivity contribution >= 4 is 45.0 Å². The molecule has 0 aliphatic carbocycles. The monoisotopic (exact) mass is 447 g/mol. The van der Waals surface area contributed by atoms with Crippen LogP contribution in [0.4, 0.5) is 11.4 Å². The Labute approximate surface area is 181 Å². The number of benzene rings is 2.